The average molecular weight is 495 g/mol. The Morgan fingerprint density at radius 3 is 2.30 bits per heavy atom. The summed E-state index contributed by atoms with van der Waals surface area (Å²) in [7, 11) is -3.74. The smallest absolute Gasteiger partial charge is 0.254 e. The predicted octanol–water partition coefficient (Wildman–Crippen LogP) is 2.42. The van der Waals surface area contributed by atoms with E-state index >= 15 is 0 Å². The highest BCUT2D eigenvalue weighted by Crippen LogP contribution is 2.39. The molecule has 2 aromatic carbocycles. The third-order valence-corrected chi connectivity index (χ3v) is 7.90. The van der Waals surface area contributed by atoms with E-state index in [4.69, 9.17) is 30.5 Å². The standard InChI is InChI=1S/C22H23ClN2O7S/c23-17-12-15(13-20-21(17)32-11-10-31-20)22(26)24-4-6-25(7-5-24)33(27,28)16-2-3-18-19(14-16)30-9-1-8-29-18/h2-3,12-14H,1,4-11H2. The Balaban J connectivity index is 1.28. The maximum absolute atomic E-state index is 13.2. The lowest BCUT2D eigenvalue weighted by atomic mass is 10.1. The molecule has 3 aliphatic rings. The van der Waals surface area contributed by atoms with Crippen LogP contribution in [0.3, 0.4) is 0 Å². The number of carbonyl (C=O) groups is 1. The highest BCUT2D eigenvalue weighted by atomic mass is 35.5. The van der Waals surface area contributed by atoms with Crippen molar-refractivity contribution >= 4 is 27.5 Å². The normalized spacial score (nSPS) is 18.5. The van der Waals surface area contributed by atoms with Gasteiger partial charge in [0.25, 0.3) is 5.91 Å². The van der Waals surface area contributed by atoms with E-state index in [1.54, 1.807) is 23.1 Å². The van der Waals surface area contributed by atoms with Crippen LogP contribution in [0.15, 0.2) is 35.2 Å². The third kappa shape index (κ3) is 4.30. The largest absolute Gasteiger partial charge is 0.490 e. The molecule has 1 saturated heterocycles. The van der Waals surface area contributed by atoms with Crippen molar-refractivity contribution in [3.05, 3.63) is 40.9 Å². The summed E-state index contributed by atoms with van der Waals surface area (Å²) in [6.07, 6.45) is 0.737. The van der Waals surface area contributed by atoms with Crippen LogP contribution in [0.5, 0.6) is 23.0 Å². The first-order valence-corrected chi connectivity index (χ1v) is 12.5. The maximum atomic E-state index is 13.2. The van der Waals surface area contributed by atoms with Crippen LogP contribution >= 0.6 is 11.6 Å². The fraction of sp³-hybridized carbons (Fsp3) is 0.409. The summed E-state index contributed by atoms with van der Waals surface area (Å²) in [5.74, 6) is 1.61. The molecule has 0 saturated carbocycles. The van der Waals surface area contributed by atoms with Gasteiger partial charge in [-0.2, -0.15) is 4.31 Å². The summed E-state index contributed by atoms with van der Waals surface area (Å²) in [5, 5.41) is 0.311. The Kier molecular flexibility index (Phi) is 5.98. The summed E-state index contributed by atoms with van der Waals surface area (Å²) in [6.45, 7) is 2.67. The lowest BCUT2D eigenvalue weighted by Crippen LogP contribution is -2.50. The van der Waals surface area contributed by atoms with Gasteiger partial charge in [-0.05, 0) is 24.3 Å². The summed E-state index contributed by atoms with van der Waals surface area (Å²) in [4.78, 5) is 14.8. The van der Waals surface area contributed by atoms with Crippen molar-refractivity contribution in [2.45, 2.75) is 11.3 Å². The van der Waals surface area contributed by atoms with Gasteiger partial charge in [0.1, 0.15) is 13.2 Å². The molecule has 0 aromatic heterocycles. The molecule has 1 amide bonds. The number of carbonyl (C=O) groups excluding carboxylic acids is 1. The molecule has 0 atom stereocenters. The molecule has 5 rings (SSSR count). The molecule has 9 nitrogen and oxygen atoms in total. The Bertz CT molecular complexity index is 1180. The zero-order valence-electron chi connectivity index (χ0n) is 17.8. The number of sulfonamides is 1. The van der Waals surface area contributed by atoms with Crippen molar-refractivity contribution in [1.29, 1.82) is 0 Å². The van der Waals surface area contributed by atoms with Gasteiger partial charge >= 0.3 is 0 Å². The molecule has 2 aromatic rings. The van der Waals surface area contributed by atoms with E-state index in [-0.39, 0.29) is 37.0 Å². The van der Waals surface area contributed by atoms with Crippen molar-refractivity contribution in [2.75, 3.05) is 52.6 Å². The van der Waals surface area contributed by atoms with Crippen LogP contribution in [0.2, 0.25) is 5.02 Å². The Morgan fingerprint density at radius 1 is 0.818 bits per heavy atom. The SMILES string of the molecule is O=C(c1cc(Cl)c2c(c1)OCCO2)N1CCN(S(=O)(=O)c2ccc3c(c2)OCCCO3)CC1. The first kappa shape index (κ1) is 22.1. The highest BCUT2D eigenvalue weighted by Gasteiger charge is 2.32. The number of nitrogens with zero attached hydrogens (tertiary/aromatic N) is 2. The van der Waals surface area contributed by atoms with Crippen LogP contribution in [-0.2, 0) is 10.0 Å². The zero-order valence-corrected chi connectivity index (χ0v) is 19.4. The van der Waals surface area contributed by atoms with E-state index in [0.29, 0.717) is 60.0 Å². The number of hydrogen-bond acceptors (Lipinski definition) is 7. The Morgan fingerprint density at radius 2 is 1.52 bits per heavy atom. The van der Waals surface area contributed by atoms with E-state index in [1.165, 1.54) is 16.4 Å². The highest BCUT2D eigenvalue weighted by molar-refractivity contribution is 7.89. The molecule has 0 spiro atoms. The monoisotopic (exact) mass is 494 g/mol. The van der Waals surface area contributed by atoms with Gasteiger partial charge in [-0.15, -0.1) is 0 Å². The first-order valence-electron chi connectivity index (χ1n) is 10.7. The Hall–Kier alpha value is -2.69. The summed E-state index contributed by atoms with van der Waals surface area (Å²) in [6, 6.07) is 7.82. The number of amides is 1. The minimum Gasteiger partial charge on any atom is -0.490 e. The second-order valence-electron chi connectivity index (χ2n) is 7.84. The van der Waals surface area contributed by atoms with Crippen LogP contribution in [0.4, 0.5) is 0 Å². The van der Waals surface area contributed by atoms with Crippen LogP contribution < -0.4 is 18.9 Å². The number of benzene rings is 2. The van der Waals surface area contributed by atoms with Gasteiger partial charge in [-0.3, -0.25) is 4.79 Å². The van der Waals surface area contributed by atoms with E-state index < -0.39 is 10.0 Å². The van der Waals surface area contributed by atoms with E-state index in [2.05, 4.69) is 0 Å². The molecule has 0 N–H and O–H groups in total. The maximum Gasteiger partial charge on any atom is 0.254 e. The quantitative estimate of drug-likeness (QED) is 0.646. The van der Waals surface area contributed by atoms with Crippen LogP contribution in [-0.4, -0.2) is 76.1 Å². The molecule has 0 bridgehead atoms. The Labute approximate surface area is 196 Å². The van der Waals surface area contributed by atoms with Gasteiger partial charge < -0.3 is 23.8 Å². The van der Waals surface area contributed by atoms with Gasteiger partial charge in [0.05, 0.1) is 23.1 Å². The van der Waals surface area contributed by atoms with Gasteiger partial charge in [-0.25, -0.2) is 8.42 Å². The summed E-state index contributed by atoms with van der Waals surface area (Å²) >= 11 is 6.26. The van der Waals surface area contributed by atoms with Crippen molar-refractivity contribution < 1.29 is 32.2 Å². The minimum absolute atomic E-state index is 0.144. The lowest BCUT2D eigenvalue weighted by molar-refractivity contribution is 0.0697. The van der Waals surface area contributed by atoms with E-state index in [9.17, 15) is 13.2 Å². The zero-order chi connectivity index (χ0) is 23.0. The predicted molar refractivity (Wildman–Crippen MR) is 119 cm³/mol. The average Bonchev–Trinajstić information content (AvgIpc) is 3.08. The van der Waals surface area contributed by atoms with Gasteiger partial charge in [0, 0.05) is 44.2 Å². The molecule has 0 unspecified atom stereocenters. The van der Waals surface area contributed by atoms with Crippen molar-refractivity contribution in [2.24, 2.45) is 0 Å². The molecule has 3 heterocycles. The first-order chi connectivity index (χ1) is 15.9. The molecule has 0 aliphatic carbocycles. The fourth-order valence-corrected chi connectivity index (χ4v) is 5.70. The number of fused-ring (bicyclic) bond motifs is 2. The summed E-state index contributed by atoms with van der Waals surface area (Å²) in [5.41, 5.74) is 0.378. The van der Waals surface area contributed by atoms with Crippen LogP contribution in [0.25, 0.3) is 0 Å². The third-order valence-electron chi connectivity index (χ3n) is 5.73. The van der Waals surface area contributed by atoms with Crippen molar-refractivity contribution in [1.82, 2.24) is 9.21 Å². The number of piperazine rings is 1. The van der Waals surface area contributed by atoms with E-state index in [1.807, 2.05) is 0 Å². The second-order valence-corrected chi connectivity index (χ2v) is 10.2. The molecule has 176 valence electrons. The van der Waals surface area contributed by atoms with Gasteiger partial charge in [0.15, 0.2) is 23.0 Å². The number of halogens is 1. The minimum atomic E-state index is -3.74. The van der Waals surface area contributed by atoms with Gasteiger partial charge in [-0.1, -0.05) is 11.6 Å². The summed E-state index contributed by atoms with van der Waals surface area (Å²) < 4.78 is 50.0. The number of rotatable bonds is 3. The van der Waals surface area contributed by atoms with Crippen molar-refractivity contribution in [3.8, 4) is 23.0 Å². The molecule has 3 aliphatic heterocycles. The van der Waals surface area contributed by atoms with Crippen LogP contribution in [0, 0.1) is 0 Å². The molecule has 11 heteroatoms. The molecule has 0 radical (unpaired) electrons. The lowest BCUT2D eigenvalue weighted by Gasteiger charge is -2.34. The molecular weight excluding hydrogens is 472 g/mol. The molecular formula is C22H23ClN2O7S. The second kappa shape index (κ2) is 8.92. The van der Waals surface area contributed by atoms with Gasteiger partial charge in [0.2, 0.25) is 10.0 Å². The van der Waals surface area contributed by atoms with E-state index in [0.717, 1.165) is 6.42 Å². The topological polar surface area (TPSA) is 94.6 Å². The number of hydrogen-bond donors (Lipinski definition) is 0. The molecule has 1 fully saturated rings. The molecule has 33 heavy (non-hydrogen) atoms. The fourth-order valence-electron chi connectivity index (χ4n) is 4.00. The van der Waals surface area contributed by atoms with Crippen LogP contribution in [0.1, 0.15) is 16.8 Å². The number of ether oxygens (including phenoxy) is 4. The van der Waals surface area contributed by atoms with Crippen molar-refractivity contribution in [3.63, 3.8) is 0 Å².